The molecule has 2 aromatic carbocycles. The molecule has 1 saturated heterocycles. The number of alkyl halides is 3. The molecule has 1 amide bonds. The minimum Gasteiger partial charge on any atom is -0.325 e. The van der Waals surface area contributed by atoms with E-state index in [1.165, 1.54) is 0 Å². The first kappa shape index (κ1) is 22.9. The van der Waals surface area contributed by atoms with Crippen molar-refractivity contribution in [1.82, 2.24) is 4.31 Å². The largest absolute Gasteiger partial charge is 0.417 e. The molecule has 11 heteroatoms. The van der Waals surface area contributed by atoms with Gasteiger partial charge in [-0.1, -0.05) is 35.3 Å². The summed E-state index contributed by atoms with van der Waals surface area (Å²) in [5.74, 6) is -0.727. The summed E-state index contributed by atoms with van der Waals surface area (Å²) in [6.45, 7) is 0.0137. The van der Waals surface area contributed by atoms with E-state index in [2.05, 4.69) is 5.32 Å². The first-order valence-electron chi connectivity index (χ1n) is 8.92. The van der Waals surface area contributed by atoms with Crippen LogP contribution in [0.25, 0.3) is 0 Å². The fourth-order valence-electron chi connectivity index (χ4n) is 3.19. The number of anilines is 1. The van der Waals surface area contributed by atoms with E-state index < -0.39 is 37.6 Å². The number of benzene rings is 2. The molecule has 0 bridgehead atoms. The maximum atomic E-state index is 13.1. The second-order valence-electron chi connectivity index (χ2n) is 6.79. The lowest BCUT2D eigenvalue weighted by atomic mass is 9.97. The number of carbonyl (C=O) groups excluding carboxylic acids is 1. The summed E-state index contributed by atoms with van der Waals surface area (Å²) in [5.41, 5.74) is -0.751. The SMILES string of the molecule is O=C(Nc1ccccc1Cl)C1CCN(S(=O)(=O)c2ccc(Cl)c(C(F)(F)F)c2)CC1. The summed E-state index contributed by atoms with van der Waals surface area (Å²) in [6, 6.07) is 9.23. The molecule has 0 atom stereocenters. The zero-order valence-corrected chi connectivity index (χ0v) is 17.7. The predicted molar refractivity (Wildman–Crippen MR) is 108 cm³/mol. The van der Waals surface area contributed by atoms with Gasteiger partial charge in [-0.05, 0) is 43.2 Å². The van der Waals surface area contributed by atoms with Crippen LogP contribution >= 0.6 is 23.2 Å². The van der Waals surface area contributed by atoms with Crippen molar-refractivity contribution < 1.29 is 26.4 Å². The molecule has 0 aromatic heterocycles. The van der Waals surface area contributed by atoms with Crippen LogP contribution in [0.2, 0.25) is 10.0 Å². The normalized spacial score (nSPS) is 16.4. The highest BCUT2D eigenvalue weighted by Crippen LogP contribution is 2.37. The summed E-state index contributed by atoms with van der Waals surface area (Å²) < 4.78 is 65.8. The van der Waals surface area contributed by atoms with Gasteiger partial charge in [-0.25, -0.2) is 8.42 Å². The Morgan fingerprint density at radius 1 is 1.03 bits per heavy atom. The number of halogens is 5. The summed E-state index contributed by atoms with van der Waals surface area (Å²) in [5, 5.41) is 2.53. The quantitative estimate of drug-likeness (QED) is 0.665. The van der Waals surface area contributed by atoms with E-state index in [1.54, 1.807) is 24.3 Å². The van der Waals surface area contributed by atoms with Crippen molar-refractivity contribution in [3.8, 4) is 0 Å². The van der Waals surface area contributed by atoms with Crippen molar-refractivity contribution in [1.29, 1.82) is 0 Å². The van der Waals surface area contributed by atoms with Crippen molar-refractivity contribution in [3.05, 3.63) is 58.1 Å². The Bertz CT molecular complexity index is 1050. The number of amides is 1. The van der Waals surface area contributed by atoms with E-state index in [0.29, 0.717) is 16.8 Å². The number of hydrogen-bond acceptors (Lipinski definition) is 3. The van der Waals surface area contributed by atoms with Crippen LogP contribution in [0.15, 0.2) is 47.4 Å². The highest BCUT2D eigenvalue weighted by molar-refractivity contribution is 7.89. The van der Waals surface area contributed by atoms with Crippen LogP contribution in [0.4, 0.5) is 18.9 Å². The molecule has 0 spiro atoms. The Labute approximate surface area is 181 Å². The molecule has 3 rings (SSSR count). The van der Waals surface area contributed by atoms with Crippen LogP contribution in [-0.2, 0) is 21.0 Å². The topological polar surface area (TPSA) is 66.5 Å². The van der Waals surface area contributed by atoms with Gasteiger partial charge >= 0.3 is 6.18 Å². The zero-order valence-electron chi connectivity index (χ0n) is 15.4. The Kier molecular flexibility index (Phi) is 6.66. The molecule has 1 aliphatic rings. The fraction of sp³-hybridized carbons (Fsp3) is 0.316. The standard InChI is InChI=1S/C19H17Cl2F3N2O3S/c20-15-6-5-13(11-14(15)19(22,23)24)30(28,29)26-9-7-12(8-10-26)18(27)25-17-4-2-1-3-16(17)21/h1-6,11-12H,7-10H2,(H,25,27). The molecule has 1 heterocycles. The minimum atomic E-state index is -4.77. The number of carbonyl (C=O) groups is 1. The molecular weight excluding hydrogens is 464 g/mol. The number of piperidine rings is 1. The Morgan fingerprint density at radius 3 is 2.27 bits per heavy atom. The third kappa shape index (κ3) is 4.91. The molecule has 1 aliphatic heterocycles. The first-order chi connectivity index (χ1) is 14.0. The van der Waals surface area contributed by atoms with Crippen LogP contribution in [0.1, 0.15) is 18.4 Å². The Hall–Kier alpha value is -1.81. The highest BCUT2D eigenvalue weighted by atomic mass is 35.5. The summed E-state index contributed by atoms with van der Waals surface area (Å²) in [4.78, 5) is 12.0. The lowest BCUT2D eigenvalue weighted by Gasteiger charge is -2.30. The van der Waals surface area contributed by atoms with Crippen LogP contribution in [-0.4, -0.2) is 31.7 Å². The molecule has 0 unspecified atom stereocenters. The minimum absolute atomic E-state index is 0.00686. The number of sulfonamides is 1. The average molecular weight is 481 g/mol. The van der Waals surface area contributed by atoms with Gasteiger partial charge in [0.2, 0.25) is 15.9 Å². The smallest absolute Gasteiger partial charge is 0.325 e. The van der Waals surface area contributed by atoms with Gasteiger partial charge in [-0.15, -0.1) is 0 Å². The van der Waals surface area contributed by atoms with Crippen LogP contribution in [0.5, 0.6) is 0 Å². The lowest BCUT2D eigenvalue weighted by molar-refractivity contribution is -0.137. The van der Waals surface area contributed by atoms with E-state index >= 15 is 0 Å². The molecule has 1 fully saturated rings. The lowest BCUT2D eigenvalue weighted by Crippen LogP contribution is -2.41. The number of nitrogens with one attached hydrogen (secondary N) is 1. The Morgan fingerprint density at radius 2 is 1.67 bits per heavy atom. The molecule has 30 heavy (non-hydrogen) atoms. The summed E-state index contributed by atoms with van der Waals surface area (Å²) in [6.07, 6.45) is -4.31. The molecule has 2 aromatic rings. The third-order valence-electron chi connectivity index (χ3n) is 4.84. The second kappa shape index (κ2) is 8.74. The zero-order chi connectivity index (χ0) is 22.1. The van der Waals surface area contributed by atoms with Crippen molar-refractivity contribution >= 4 is 44.8 Å². The van der Waals surface area contributed by atoms with E-state index in [4.69, 9.17) is 23.2 Å². The fourth-order valence-corrected chi connectivity index (χ4v) is 5.09. The van der Waals surface area contributed by atoms with Crippen molar-refractivity contribution in [2.45, 2.75) is 23.9 Å². The molecule has 5 nitrogen and oxygen atoms in total. The Balaban J connectivity index is 1.70. The van der Waals surface area contributed by atoms with Gasteiger partial charge in [0.15, 0.2) is 0 Å². The molecule has 1 N–H and O–H groups in total. The van der Waals surface area contributed by atoms with E-state index in [9.17, 15) is 26.4 Å². The molecule has 0 saturated carbocycles. The van der Waals surface area contributed by atoms with Gasteiger partial charge in [0.1, 0.15) is 0 Å². The van der Waals surface area contributed by atoms with Crippen molar-refractivity contribution in [2.24, 2.45) is 5.92 Å². The number of rotatable bonds is 4. The predicted octanol–water partition coefficient (Wildman–Crippen LogP) is 5.05. The maximum Gasteiger partial charge on any atom is 0.417 e. The first-order valence-corrected chi connectivity index (χ1v) is 11.1. The molecule has 0 aliphatic carbocycles. The van der Waals surface area contributed by atoms with Crippen molar-refractivity contribution in [2.75, 3.05) is 18.4 Å². The summed E-state index contributed by atoms with van der Waals surface area (Å²) >= 11 is 11.6. The van der Waals surface area contributed by atoms with E-state index in [1.807, 2.05) is 0 Å². The number of para-hydroxylation sites is 1. The second-order valence-corrected chi connectivity index (χ2v) is 9.54. The molecular formula is C19H17Cl2F3N2O3S. The third-order valence-corrected chi connectivity index (χ3v) is 7.39. The number of hydrogen-bond donors (Lipinski definition) is 1. The molecule has 162 valence electrons. The van der Waals surface area contributed by atoms with Gasteiger partial charge in [-0.2, -0.15) is 17.5 Å². The van der Waals surface area contributed by atoms with E-state index in [0.717, 1.165) is 16.4 Å². The average Bonchev–Trinajstić information content (AvgIpc) is 2.69. The van der Waals surface area contributed by atoms with Crippen LogP contribution < -0.4 is 5.32 Å². The van der Waals surface area contributed by atoms with Gasteiger partial charge in [0, 0.05) is 19.0 Å². The van der Waals surface area contributed by atoms with Crippen molar-refractivity contribution in [3.63, 3.8) is 0 Å². The van der Waals surface area contributed by atoms with Crippen LogP contribution in [0, 0.1) is 5.92 Å². The van der Waals surface area contributed by atoms with Gasteiger partial charge in [-0.3, -0.25) is 4.79 Å². The monoisotopic (exact) mass is 480 g/mol. The van der Waals surface area contributed by atoms with Crippen LogP contribution in [0.3, 0.4) is 0 Å². The molecule has 0 radical (unpaired) electrons. The number of nitrogens with zero attached hydrogens (tertiary/aromatic N) is 1. The van der Waals surface area contributed by atoms with E-state index in [-0.39, 0.29) is 31.8 Å². The maximum absolute atomic E-state index is 13.1. The summed E-state index contributed by atoms with van der Waals surface area (Å²) in [7, 11) is -4.15. The highest BCUT2D eigenvalue weighted by Gasteiger charge is 2.37. The van der Waals surface area contributed by atoms with Gasteiger partial charge in [0.25, 0.3) is 0 Å². The van der Waals surface area contributed by atoms with Gasteiger partial charge < -0.3 is 5.32 Å². The van der Waals surface area contributed by atoms with Gasteiger partial charge in [0.05, 0.1) is 26.2 Å².